The first-order chi connectivity index (χ1) is 13.0. The molecule has 0 saturated heterocycles. The average molecular weight is 384 g/mol. The molecule has 0 aliphatic heterocycles. The minimum Gasteiger partial charge on any atom is -0.370 e. The van der Waals surface area contributed by atoms with E-state index >= 15 is 0 Å². The zero-order valence-electron chi connectivity index (χ0n) is 14.5. The van der Waals surface area contributed by atoms with E-state index in [1.165, 1.54) is 18.5 Å². The van der Waals surface area contributed by atoms with Crippen molar-refractivity contribution < 1.29 is 8.42 Å². The molecular weight excluding hydrogens is 364 g/mol. The van der Waals surface area contributed by atoms with E-state index in [-0.39, 0.29) is 4.90 Å². The SMILES string of the molecule is NS(=O)(=O)c1ccc(CCNc2cc(NCc3cccnc3)ncn2)cc1. The Balaban J connectivity index is 1.51. The molecule has 8 nitrogen and oxygen atoms in total. The van der Waals surface area contributed by atoms with Crippen LogP contribution in [0.3, 0.4) is 0 Å². The number of anilines is 2. The van der Waals surface area contributed by atoms with Crippen molar-refractivity contribution in [2.75, 3.05) is 17.2 Å². The van der Waals surface area contributed by atoms with Crippen molar-refractivity contribution in [3.8, 4) is 0 Å². The Hall–Kier alpha value is -3.04. The van der Waals surface area contributed by atoms with Gasteiger partial charge in [-0.1, -0.05) is 18.2 Å². The summed E-state index contributed by atoms with van der Waals surface area (Å²) in [7, 11) is -3.66. The first kappa shape index (κ1) is 18.7. The Morgan fingerprint density at radius 2 is 1.70 bits per heavy atom. The Bertz CT molecular complexity index is 978. The van der Waals surface area contributed by atoms with Crippen LogP contribution >= 0.6 is 0 Å². The molecule has 0 aliphatic carbocycles. The third kappa shape index (κ3) is 5.73. The lowest BCUT2D eigenvalue weighted by molar-refractivity contribution is 0.598. The standard InChI is InChI=1S/C18H20N6O2S/c19-27(25,26)16-5-3-14(4-6-16)7-9-21-17-10-18(24-13-23-17)22-12-15-2-1-8-20-11-15/h1-6,8,10-11,13H,7,9,12H2,(H2,19,25,26)(H2,21,22,23,24). The van der Waals surface area contributed by atoms with E-state index in [1.807, 2.05) is 18.2 Å². The van der Waals surface area contributed by atoms with Gasteiger partial charge in [-0.2, -0.15) is 0 Å². The number of nitrogens with one attached hydrogen (secondary N) is 2. The summed E-state index contributed by atoms with van der Waals surface area (Å²) < 4.78 is 22.5. The van der Waals surface area contributed by atoms with Crippen LogP contribution in [0, 0.1) is 0 Å². The van der Waals surface area contributed by atoms with Crippen LogP contribution in [-0.2, 0) is 23.0 Å². The van der Waals surface area contributed by atoms with Crippen molar-refractivity contribution in [1.82, 2.24) is 15.0 Å². The largest absolute Gasteiger partial charge is 0.370 e. The predicted octanol–water partition coefficient (Wildman–Crippen LogP) is 1.79. The van der Waals surface area contributed by atoms with Crippen molar-refractivity contribution in [2.45, 2.75) is 17.9 Å². The fourth-order valence-electron chi connectivity index (χ4n) is 2.43. The third-order valence-corrected chi connectivity index (χ3v) is 4.76. The average Bonchev–Trinajstić information content (AvgIpc) is 2.67. The lowest BCUT2D eigenvalue weighted by Crippen LogP contribution is -2.12. The quantitative estimate of drug-likeness (QED) is 0.541. The zero-order chi connectivity index (χ0) is 19.1. The third-order valence-electron chi connectivity index (χ3n) is 3.84. The van der Waals surface area contributed by atoms with E-state index in [0.29, 0.717) is 31.1 Å². The van der Waals surface area contributed by atoms with Crippen LogP contribution in [-0.4, -0.2) is 29.9 Å². The molecule has 0 aliphatic rings. The van der Waals surface area contributed by atoms with Crippen LogP contribution in [0.5, 0.6) is 0 Å². The number of nitrogens with zero attached hydrogens (tertiary/aromatic N) is 3. The molecule has 0 fully saturated rings. The van der Waals surface area contributed by atoms with Crippen LogP contribution in [0.1, 0.15) is 11.1 Å². The number of hydrogen-bond acceptors (Lipinski definition) is 7. The van der Waals surface area contributed by atoms with Gasteiger partial charge in [0.15, 0.2) is 0 Å². The predicted molar refractivity (Wildman–Crippen MR) is 104 cm³/mol. The summed E-state index contributed by atoms with van der Waals surface area (Å²) in [5, 5.41) is 11.6. The molecule has 2 heterocycles. The van der Waals surface area contributed by atoms with Crippen LogP contribution in [0.2, 0.25) is 0 Å². The summed E-state index contributed by atoms with van der Waals surface area (Å²) in [5.41, 5.74) is 2.06. The number of hydrogen-bond donors (Lipinski definition) is 3. The first-order valence-electron chi connectivity index (χ1n) is 8.31. The monoisotopic (exact) mass is 384 g/mol. The summed E-state index contributed by atoms with van der Waals surface area (Å²) >= 11 is 0. The molecule has 140 valence electrons. The molecule has 0 spiro atoms. The van der Waals surface area contributed by atoms with Crippen molar-refractivity contribution in [2.24, 2.45) is 5.14 Å². The van der Waals surface area contributed by atoms with E-state index in [1.54, 1.807) is 24.5 Å². The maximum absolute atomic E-state index is 11.3. The zero-order valence-corrected chi connectivity index (χ0v) is 15.4. The highest BCUT2D eigenvalue weighted by Gasteiger charge is 2.06. The fourth-order valence-corrected chi connectivity index (χ4v) is 2.94. The van der Waals surface area contributed by atoms with Crippen LogP contribution < -0.4 is 15.8 Å². The Morgan fingerprint density at radius 1 is 0.963 bits per heavy atom. The minimum absolute atomic E-state index is 0.111. The lowest BCUT2D eigenvalue weighted by atomic mass is 10.1. The molecule has 3 rings (SSSR count). The molecule has 0 amide bonds. The first-order valence-corrected chi connectivity index (χ1v) is 9.86. The summed E-state index contributed by atoms with van der Waals surface area (Å²) in [6.45, 7) is 1.27. The molecule has 1 aromatic carbocycles. The van der Waals surface area contributed by atoms with Crippen LogP contribution in [0.4, 0.5) is 11.6 Å². The van der Waals surface area contributed by atoms with E-state index < -0.39 is 10.0 Å². The maximum Gasteiger partial charge on any atom is 0.238 e. The van der Waals surface area contributed by atoms with Gasteiger partial charge in [0.05, 0.1) is 4.90 Å². The van der Waals surface area contributed by atoms with E-state index in [9.17, 15) is 8.42 Å². The van der Waals surface area contributed by atoms with Gasteiger partial charge >= 0.3 is 0 Å². The fraction of sp³-hybridized carbons (Fsp3) is 0.167. The second-order valence-corrected chi connectivity index (χ2v) is 7.43. The van der Waals surface area contributed by atoms with Gasteiger partial charge in [-0.05, 0) is 35.7 Å². The summed E-state index contributed by atoms with van der Waals surface area (Å²) in [6.07, 6.45) is 5.75. The Morgan fingerprint density at radius 3 is 2.37 bits per heavy atom. The van der Waals surface area contributed by atoms with Gasteiger partial charge in [0.2, 0.25) is 10.0 Å². The Kier molecular flexibility index (Phi) is 5.94. The van der Waals surface area contributed by atoms with E-state index in [0.717, 1.165) is 11.1 Å². The molecule has 0 bridgehead atoms. The molecule has 0 radical (unpaired) electrons. The number of primary sulfonamides is 1. The van der Waals surface area contributed by atoms with Gasteiger partial charge in [0, 0.05) is 31.5 Å². The summed E-state index contributed by atoms with van der Waals surface area (Å²) in [6, 6.07) is 12.2. The maximum atomic E-state index is 11.3. The van der Waals surface area contributed by atoms with E-state index in [2.05, 4.69) is 25.6 Å². The van der Waals surface area contributed by atoms with Gasteiger partial charge in [-0.15, -0.1) is 0 Å². The van der Waals surface area contributed by atoms with Crippen LogP contribution in [0.15, 0.2) is 66.1 Å². The molecule has 0 atom stereocenters. The smallest absolute Gasteiger partial charge is 0.238 e. The Labute approximate surface area is 157 Å². The summed E-state index contributed by atoms with van der Waals surface area (Å²) in [4.78, 5) is 12.6. The molecule has 2 aromatic heterocycles. The highest BCUT2D eigenvalue weighted by atomic mass is 32.2. The highest BCUT2D eigenvalue weighted by Crippen LogP contribution is 2.12. The van der Waals surface area contributed by atoms with Crippen molar-refractivity contribution in [1.29, 1.82) is 0 Å². The van der Waals surface area contributed by atoms with Crippen molar-refractivity contribution >= 4 is 21.7 Å². The number of benzene rings is 1. The number of aromatic nitrogens is 3. The lowest BCUT2D eigenvalue weighted by Gasteiger charge is -2.09. The van der Waals surface area contributed by atoms with Gasteiger partial charge in [-0.25, -0.2) is 23.5 Å². The molecule has 9 heteroatoms. The van der Waals surface area contributed by atoms with Gasteiger partial charge in [0.1, 0.15) is 18.0 Å². The van der Waals surface area contributed by atoms with Crippen molar-refractivity contribution in [3.05, 3.63) is 72.3 Å². The number of pyridine rings is 1. The normalized spacial score (nSPS) is 11.1. The second-order valence-electron chi connectivity index (χ2n) is 5.87. The molecule has 3 aromatic rings. The van der Waals surface area contributed by atoms with Gasteiger partial charge in [-0.3, -0.25) is 4.98 Å². The topological polar surface area (TPSA) is 123 Å². The second kappa shape index (κ2) is 8.56. The molecule has 27 heavy (non-hydrogen) atoms. The van der Waals surface area contributed by atoms with Crippen molar-refractivity contribution in [3.63, 3.8) is 0 Å². The number of sulfonamides is 1. The van der Waals surface area contributed by atoms with Gasteiger partial charge in [0.25, 0.3) is 0 Å². The molecule has 0 unspecified atom stereocenters. The minimum atomic E-state index is -3.66. The molecular formula is C18H20N6O2S. The summed E-state index contributed by atoms with van der Waals surface area (Å²) in [5.74, 6) is 1.42. The van der Waals surface area contributed by atoms with Crippen LogP contribution in [0.25, 0.3) is 0 Å². The molecule has 4 N–H and O–H groups in total. The highest BCUT2D eigenvalue weighted by molar-refractivity contribution is 7.89. The molecule has 0 saturated carbocycles. The van der Waals surface area contributed by atoms with E-state index in [4.69, 9.17) is 5.14 Å². The number of rotatable bonds is 8. The van der Waals surface area contributed by atoms with Gasteiger partial charge < -0.3 is 10.6 Å². The number of nitrogens with two attached hydrogens (primary N) is 1.